The Kier molecular flexibility index (Phi) is 7.51. The van der Waals surface area contributed by atoms with Gasteiger partial charge in [-0.2, -0.15) is 0 Å². The molecule has 0 unspecified atom stereocenters. The Morgan fingerprint density at radius 2 is 1.43 bits per heavy atom. The highest BCUT2D eigenvalue weighted by atomic mass is 32.2. The maximum absolute atomic E-state index is 12.2. The van der Waals surface area contributed by atoms with Crippen LogP contribution in [0, 0.1) is 13.8 Å². The van der Waals surface area contributed by atoms with E-state index in [0.29, 0.717) is 0 Å². The monoisotopic (exact) mass is 419 g/mol. The van der Waals surface area contributed by atoms with Crippen LogP contribution in [0.15, 0.2) is 82.6 Å². The lowest BCUT2D eigenvalue weighted by atomic mass is 10.1. The second kappa shape index (κ2) is 10.5. The van der Waals surface area contributed by atoms with Crippen molar-refractivity contribution in [2.75, 3.05) is 23.7 Å². The molecule has 3 aromatic rings. The summed E-state index contributed by atoms with van der Waals surface area (Å²) in [5, 5.41) is 8.69. The first-order valence-electron chi connectivity index (χ1n) is 9.71. The normalized spacial score (nSPS) is 10.3. The molecule has 0 radical (unpaired) electrons. The highest BCUT2D eigenvalue weighted by molar-refractivity contribution is 7.99. The Labute approximate surface area is 181 Å². The Morgan fingerprint density at radius 3 is 2.17 bits per heavy atom. The van der Waals surface area contributed by atoms with Crippen LogP contribution in [0.2, 0.25) is 0 Å². The van der Waals surface area contributed by atoms with Crippen LogP contribution in [0.4, 0.5) is 11.4 Å². The van der Waals surface area contributed by atoms with E-state index in [9.17, 15) is 9.59 Å². The third-order valence-electron chi connectivity index (χ3n) is 4.49. The summed E-state index contributed by atoms with van der Waals surface area (Å²) in [4.78, 5) is 26.6. The second-order valence-corrected chi connectivity index (χ2v) is 7.97. The summed E-state index contributed by atoms with van der Waals surface area (Å²) >= 11 is 1.63. The van der Waals surface area contributed by atoms with E-state index in [1.54, 1.807) is 11.8 Å². The van der Waals surface area contributed by atoms with Gasteiger partial charge in [0.15, 0.2) is 0 Å². The number of carbonyl (C=O) groups excluding carboxylic acids is 2. The summed E-state index contributed by atoms with van der Waals surface area (Å²) in [5.41, 5.74) is 3.65. The quantitative estimate of drug-likeness (QED) is 0.498. The van der Waals surface area contributed by atoms with E-state index in [4.69, 9.17) is 0 Å². The summed E-state index contributed by atoms with van der Waals surface area (Å²) in [6.07, 6.45) is 0. The molecule has 0 heterocycles. The number of para-hydroxylation sites is 2. The number of amides is 2. The van der Waals surface area contributed by atoms with Gasteiger partial charge in [-0.25, -0.2) is 0 Å². The SMILES string of the molecule is Cc1cccc(C)c1NC(=O)CNC(=O)CNc1ccccc1Sc1ccccc1. The number of benzene rings is 3. The van der Waals surface area contributed by atoms with Gasteiger partial charge in [0.05, 0.1) is 13.1 Å². The highest BCUT2D eigenvalue weighted by Crippen LogP contribution is 2.32. The smallest absolute Gasteiger partial charge is 0.243 e. The molecular formula is C24H25N3O2S. The molecule has 0 fully saturated rings. The average molecular weight is 420 g/mol. The van der Waals surface area contributed by atoms with Gasteiger partial charge in [0.1, 0.15) is 0 Å². The molecule has 0 aliphatic heterocycles. The molecule has 0 aliphatic rings. The third kappa shape index (κ3) is 6.12. The largest absolute Gasteiger partial charge is 0.375 e. The predicted octanol–water partition coefficient (Wildman–Crippen LogP) is 4.62. The minimum absolute atomic E-state index is 0.0747. The van der Waals surface area contributed by atoms with Crippen LogP contribution in [0.1, 0.15) is 11.1 Å². The molecule has 2 amide bonds. The van der Waals surface area contributed by atoms with Gasteiger partial charge in [0.2, 0.25) is 11.8 Å². The zero-order valence-electron chi connectivity index (χ0n) is 17.1. The van der Waals surface area contributed by atoms with Crippen molar-refractivity contribution < 1.29 is 9.59 Å². The van der Waals surface area contributed by atoms with Gasteiger partial charge in [-0.3, -0.25) is 9.59 Å². The van der Waals surface area contributed by atoms with E-state index < -0.39 is 0 Å². The second-order valence-electron chi connectivity index (χ2n) is 6.86. The van der Waals surface area contributed by atoms with Crippen molar-refractivity contribution in [3.8, 4) is 0 Å². The highest BCUT2D eigenvalue weighted by Gasteiger charge is 2.10. The van der Waals surface area contributed by atoms with E-state index in [-0.39, 0.29) is 24.9 Å². The van der Waals surface area contributed by atoms with Crippen molar-refractivity contribution in [2.45, 2.75) is 23.6 Å². The van der Waals surface area contributed by atoms with E-state index >= 15 is 0 Å². The standard InChI is InChI=1S/C24H25N3O2S/c1-17-9-8-10-18(2)24(17)27-23(29)16-26-22(28)15-25-20-13-6-7-14-21(20)30-19-11-4-3-5-12-19/h3-14,25H,15-16H2,1-2H3,(H,26,28)(H,27,29). The van der Waals surface area contributed by atoms with Gasteiger partial charge < -0.3 is 16.0 Å². The molecule has 0 bridgehead atoms. The topological polar surface area (TPSA) is 70.2 Å². The zero-order valence-corrected chi connectivity index (χ0v) is 17.9. The number of nitrogens with one attached hydrogen (secondary N) is 3. The molecule has 6 heteroatoms. The maximum atomic E-state index is 12.2. The fourth-order valence-corrected chi connectivity index (χ4v) is 3.87. The first-order chi connectivity index (χ1) is 14.5. The molecule has 3 N–H and O–H groups in total. The first kappa shape index (κ1) is 21.5. The molecule has 3 rings (SSSR count). The van der Waals surface area contributed by atoms with Gasteiger partial charge in [-0.05, 0) is 49.2 Å². The minimum Gasteiger partial charge on any atom is -0.375 e. The van der Waals surface area contributed by atoms with Crippen LogP contribution in [-0.4, -0.2) is 24.9 Å². The minimum atomic E-state index is -0.249. The van der Waals surface area contributed by atoms with Gasteiger partial charge in [0, 0.05) is 21.2 Å². The lowest BCUT2D eigenvalue weighted by molar-refractivity contribution is -0.122. The number of hydrogen-bond donors (Lipinski definition) is 3. The summed E-state index contributed by atoms with van der Waals surface area (Å²) in [6.45, 7) is 3.89. The van der Waals surface area contributed by atoms with Crippen molar-refractivity contribution in [3.05, 3.63) is 83.9 Å². The van der Waals surface area contributed by atoms with Crippen LogP contribution in [0.3, 0.4) is 0 Å². The number of carbonyl (C=O) groups is 2. The van der Waals surface area contributed by atoms with Gasteiger partial charge >= 0.3 is 0 Å². The average Bonchev–Trinajstić information content (AvgIpc) is 2.75. The zero-order chi connectivity index (χ0) is 21.3. The van der Waals surface area contributed by atoms with Crippen LogP contribution < -0.4 is 16.0 Å². The lowest BCUT2D eigenvalue weighted by Crippen LogP contribution is -2.36. The first-order valence-corrected chi connectivity index (χ1v) is 10.5. The third-order valence-corrected chi connectivity index (χ3v) is 5.57. The number of rotatable bonds is 8. The summed E-state index contributed by atoms with van der Waals surface area (Å²) in [6, 6.07) is 23.7. The van der Waals surface area contributed by atoms with Gasteiger partial charge in [-0.1, -0.05) is 60.3 Å². The van der Waals surface area contributed by atoms with Crippen LogP contribution in [0.5, 0.6) is 0 Å². The molecule has 30 heavy (non-hydrogen) atoms. The summed E-state index contributed by atoms with van der Waals surface area (Å²) in [5.74, 6) is -0.494. The van der Waals surface area contributed by atoms with Crippen molar-refractivity contribution in [1.29, 1.82) is 0 Å². The Bertz CT molecular complexity index is 1000. The molecule has 0 atom stereocenters. The molecule has 0 aromatic heterocycles. The summed E-state index contributed by atoms with van der Waals surface area (Å²) in [7, 11) is 0. The maximum Gasteiger partial charge on any atom is 0.243 e. The van der Waals surface area contributed by atoms with E-state index in [1.165, 1.54) is 0 Å². The van der Waals surface area contributed by atoms with Crippen molar-refractivity contribution in [2.24, 2.45) is 0 Å². The fourth-order valence-electron chi connectivity index (χ4n) is 2.93. The van der Waals surface area contributed by atoms with E-state index in [2.05, 4.69) is 16.0 Å². The van der Waals surface area contributed by atoms with Crippen LogP contribution in [-0.2, 0) is 9.59 Å². The van der Waals surface area contributed by atoms with Crippen molar-refractivity contribution >= 4 is 35.0 Å². The van der Waals surface area contributed by atoms with Gasteiger partial charge in [-0.15, -0.1) is 0 Å². The predicted molar refractivity (Wildman–Crippen MR) is 123 cm³/mol. The molecule has 5 nitrogen and oxygen atoms in total. The molecule has 0 saturated carbocycles. The van der Waals surface area contributed by atoms with Crippen LogP contribution in [0.25, 0.3) is 0 Å². The number of aryl methyl sites for hydroxylation is 2. The van der Waals surface area contributed by atoms with Crippen LogP contribution >= 0.6 is 11.8 Å². The molecule has 0 saturated heterocycles. The molecule has 154 valence electrons. The molecule has 0 aliphatic carbocycles. The Morgan fingerprint density at radius 1 is 0.767 bits per heavy atom. The fraction of sp³-hybridized carbons (Fsp3) is 0.167. The molecule has 0 spiro atoms. The van der Waals surface area contributed by atoms with Crippen molar-refractivity contribution in [1.82, 2.24) is 5.32 Å². The number of hydrogen-bond acceptors (Lipinski definition) is 4. The van der Waals surface area contributed by atoms with Gasteiger partial charge in [0.25, 0.3) is 0 Å². The Hall–Kier alpha value is -3.25. The van der Waals surface area contributed by atoms with E-state index in [1.807, 2.05) is 86.6 Å². The van der Waals surface area contributed by atoms with Crippen molar-refractivity contribution in [3.63, 3.8) is 0 Å². The number of anilines is 2. The van der Waals surface area contributed by atoms with E-state index in [0.717, 1.165) is 32.3 Å². The molecular weight excluding hydrogens is 394 g/mol. The Balaban J connectivity index is 1.50. The summed E-state index contributed by atoms with van der Waals surface area (Å²) < 4.78 is 0. The molecule has 3 aromatic carbocycles. The lowest BCUT2D eigenvalue weighted by Gasteiger charge is -2.13.